The fourth-order valence-corrected chi connectivity index (χ4v) is 3.22. The lowest BCUT2D eigenvalue weighted by molar-refractivity contribution is 0.0671. The van der Waals surface area contributed by atoms with Crippen LogP contribution in [0.1, 0.15) is 37.7 Å². The Morgan fingerprint density at radius 3 is 2.91 bits per heavy atom. The quantitative estimate of drug-likeness (QED) is 0.760. The van der Waals surface area contributed by atoms with E-state index in [1.54, 1.807) is 13.1 Å². The first-order chi connectivity index (χ1) is 10.3. The molecule has 0 bridgehead atoms. The van der Waals surface area contributed by atoms with Crippen LogP contribution in [-0.4, -0.2) is 37.8 Å². The molecule has 1 fully saturated rings. The molecule has 0 amide bonds. The van der Waals surface area contributed by atoms with Crippen molar-refractivity contribution < 1.29 is 9.84 Å². The monoisotopic (exact) mass is 320 g/mol. The van der Waals surface area contributed by atoms with Crippen molar-refractivity contribution in [2.75, 3.05) is 13.2 Å². The molecular formula is C15H20N4O2S. The zero-order chi connectivity index (χ0) is 14.4. The molecule has 4 rings (SSSR count). The Labute approximate surface area is 135 Å². The molecule has 0 aromatic carbocycles. The molecule has 1 aliphatic heterocycles. The minimum atomic E-state index is -0.603. The number of fused-ring (bicyclic) bond motifs is 3. The number of pyridine rings is 1. The molecule has 22 heavy (non-hydrogen) atoms. The second-order valence-electron chi connectivity index (χ2n) is 5.59. The molecule has 6 nitrogen and oxygen atoms in total. The number of aromatic amines is 1. The third-order valence-electron chi connectivity index (χ3n) is 4.19. The molecule has 1 aliphatic rings. The summed E-state index contributed by atoms with van der Waals surface area (Å²) < 4.78 is 7.66. The lowest BCUT2D eigenvalue weighted by Crippen LogP contribution is -2.22. The van der Waals surface area contributed by atoms with E-state index in [9.17, 15) is 5.11 Å². The van der Waals surface area contributed by atoms with Crippen LogP contribution >= 0.6 is 13.5 Å². The number of rotatable bonds is 2. The van der Waals surface area contributed by atoms with Gasteiger partial charge in [-0.15, -0.1) is 0 Å². The van der Waals surface area contributed by atoms with Crippen LogP contribution in [-0.2, 0) is 4.74 Å². The van der Waals surface area contributed by atoms with Crippen molar-refractivity contribution in [1.82, 2.24) is 19.5 Å². The number of imidazole rings is 1. The van der Waals surface area contributed by atoms with Crippen LogP contribution in [0, 0.1) is 0 Å². The van der Waals surface area contributed by atoms with Gasteiger partial charge in [-0.25, -0.2) is 9.97 Å². The van der Waals surface area contributed by atoms with Crippen molar-refractivity contribution in [1.29, 1.82) is 0 Å². The van der Waals surface area contributed by atoms with E-state index in [2.05, 4.69) is 19.5 Å². The Balaban J connectivity index is 0.00000144. The first kappa shape index (κ1) is 15.3. The predicted molar refractivity (Wildman–Crippen MR) is 89.5 cm³/mol. The van der Waals surface area contributed by atoms with Gasteiger partial charge in [-0.1, -0.05) is 0 Å². The number of aliphatic hydroxyl groups excluding tert-OH is 1. The second-order valence-corrected chi connectivity index (χ2v) is 5.59. The van der Waals surface area contributed by atoms with Crippen LogP contribution in [0.5, 0.6) is 0 Å². The van der Waals surface area contributed by atoms with Gasteiger partial charge in [0.25, 0.3) is 0 Å². The van der Waals surface area contributed by atoms with Crippen molar-refractivity contribution in [3.63, 3.8) is 0 Å². The van der Waals surface area contributed by atoms with E-state index in [1.165, 1.54) is 0 Å². The summed E-state index contributed by atoms with van der Waals surface area (Å²) in [6.07, 6.45) is 4.95. The Bertz CT molecular complexity index is 789. The maximum Gasteiger partial charge on any atom is 0.139 e. The standard InChI is InChI=1S/C15H18N4O2.H2S/c1-9(20)15-18-12-8-17-14-11(2-5-16-14)13(12)19(15)10-3-6-21-7-4-10;/h2,5,8-10,20H,3-4,6-7H2,1H3,(H,16,17);1H2/t9-;/m0./s1. The lowest BCUT2D eigenvalue weighted by atomic mass is 10.1. The first-order valence-corrected chi connectivity index (χ1v) is 7.35. The molecule has 1 saturated heterocycles. The average Bonchev–Trinajstić information content (AvgIpc) is 3.11. The summed E-state index contributed by atoms with van der Waals surface area (Å²) in [5, 5.41) is 11.2. The van der Waals surface area contributed by atoms with Crippen molar-refractivity contribution in [3.05, 3.63) is 24.3 Å². The summed E-state index contributed by atoms with van der Waals surface area (Å²) in [6.45, 7) is 3.27. The number of aliphatic hydroxyl groups is 1. The average molecular weight is 320 g/mol. The van der Waals surface area contributed by atoms with E-state index < -0.39 is 6.10 Å². The Hall–Kier alpha value is -1.57. The van der Waals surface area contributed by atoms with Crippen LogP contribution in [0.2, 0.25) is 0 Å². The smallest absolute Gasteiger partial charge is 0.139 e. The third-order valence-corrected chi connectivity index (χ3v) is 4.19. The van der Waals surface area contributed by atoms with Gasteiger partial charge in [-0.05, 0) is 25.8 Å². The van der Waals surface area contributed by atoms with Crippen LogP contribution in [0.25, 0.3) is 22.1 Å². The topological polar surface area (TPSA) is 76.0 Å². The maximum atomic E-state index is 10.1. The van der Waals surface area contributed by atoms with E-state index in [0.29, 0.717) is 11.9 Å². The number of nitrogens with one attached hydrogen (secondary N) is 1. The largest absolute Gasteiger partial charge is 0.385 e. The van der Waals surface area contributed by atoms with Crippen LogP contribution in [0.3, 0.4) is 0 Å². The Kier molecular flexibility index (Phi) is 4.12. The van der Waals surface area contributed by atoms with Crippen molar-refractivity contribution in [3.8, 4) is 0 Å². The maximum absolute atomic E-state index is 10.1. The normalized spacial score (nSPS) is 17.7. The molecule has 0 saturated carbocycles. The van der Waals surface area contributed by atoms with Gasteiger partial charge >= 0.3 is 0 Å². The number of nitrogens with zero attached hydrogens (tertiary/aromatic N) is 3. The zero-order valence-corrected chi connectivity index (χ0v) is 13.4. The van der Waals surface area contributed by atoms with Crippen LogP contribution in [0.4, 0.5) is 0 Å². The van der Waals surface area contributed by atoms with Gasteiger partial charge in [0.15, 0.2) is 0 Å². The van der Waals surface area contributed by atoms with Crippen molar-refractivity contribution in [2.24, 2.45) is 0 Å². The fraction of sp³-hybridized carbons (Fsp3) is 0.467. The van der Waals surface area contributed by atoms with E-state index in [0.717, 1.165) is 48.1 Å². The lowest BCUT2D eigenvalue weighted by Gasteiger charge is -2.26. The fourth-order valence-electron chi connectivity index (χ4n) is 3.22. The molecule has 7 heteroatoms. The predicted octanol–water partition coefficient (Wildman–Crippen LogP) is 2.43. The van der Waals surface area contributed by atoms with E-state index in [-0.39, 0.29) is 13.5 Å². The van der Waals surface area contributed by atoms with E-state index >= 15 is 0 Å². The van der Waals surface area contributed by atoms with Gasteiger partial charge in [0.1, 0.15) is 23.1 Å². The number of aromatic nitrogens is 4. The third kappa shape index (κ3) is 2.29. The summed E-state index contributed by atoms with van der Waals surface area (Å²) >= 11 is 0. The molecule has 118 valence electrons. The van der Waals surface area contributed by atoms with Gasteiger partial charge < -0.3 is 19.4 Å². The van der Waals surface area contributed by atoms with Gasteiger partial charge in [-0.2, -0.15) is 13.5 Å². The minimum absolute atomic E-state index is 0. The van der Waals surface area contributed by atoms with Crippen molar-refractivity contribution in [2.45, 2.75) is 31.9 Å². The summed E-state index contributed by atoms with van der Waals surface area (Å²) in [5.41, 5.74) is 2.75. The number of hydrogen-bond acceptors (Lipinski definition) is 4. The van der Waals surface area contributed by atoms with Gasteiger partial charge in [-0.3, -0.25) is 0 Å². The zero-order valence-electron chi connectivity index (χ0n) is 12.4. The minimum Gasteiger partial charge on any atom is -0.385 e. The molecule has 0 unspecified atom stereocenters. The van der Waals surface area contributed by atoms with Crippen molar-refractivity contribution >= 4 is 35.6 Å². The highest BCUT2D eigenvalue weighted by Gasteiger charge is 2.25. The number of ether oxygens (including phenoxy) is 1. The molecule has 0 aliphatic carbocycles. The van der Waals surface area contributed by atoms with Gasteiger partial charge in [0.2, 0.25) is 0 Å². The molecule has 1 atom stereocenters. The molecule has 3 aromatic heterocycles. The van der Waals surface area contributed by atoms with Crippen LogP contribution < -0.4 is 0 Å². The summed E-state index contributed by atoms with van der Waals surface area (Å²) in [5.74, 6) is 0.715. The molecule has 0 radical (unpaired) electrons. The highest BCUT2D eigenvalue weighted by Crippen LogP contribution is 2.33. The van der Waals surface area contributed by atoms with Gasteiger partial charge in [0.05, 0.1) is 11.7 Å². The molecule has 2 N–H and O–H groups in total. The Morgan fingerprint density at radius 2 is 2.18 bits per heavy atom. The SMILES string of the molecule is C[C@H](O)c1nc2cnc3[nH]ccc3c2n1C1CCOCC1.S. The summed E-state index contributed by atoms with van der Waals surface area (Å²) in [6, 6.07) is 2.34. The van der Waals surface area contributed by atoms with E-state index in [4.69, 9.17) is 4.74 Å². The molecule has 3 aromatic rings. The highest BCUT2D eigenvalue weighted by atomic mass is 32.1. The Morgan fingerprint density at radius 1 is 1.41 bits per heavy atom. The number of H-pyrrole nitrogens is 1. The highest BCUT2D eigenvalue weighted by molar-refractivity contribution is 7.59. The summed E-state index contributed by atoms with van der Waals surface area (Å²) in [4.78, 5) is 12.1. The molecular weight excluding hydrogens is 300 g/mol. The van der Waals surface area contributed by atoms with Crippen LogP contribution in [0.15, 0.2) is 18.5 Å². The molecule has 0 spiro atoms. The van der Waals surface area contributed by atoms with Gasteiger partial charge in [0, 0.05) is 30.8 Å². The van der Waals surface area contributed by atoms with E-state index in [1.807, 2.05) is 12.3 Å². The number of hydrogen-bond donors (Lipinski definition) is 2. The second kappa shape index (κ2) is 5.91. The molecule has 4 heterocycles. The summed E-state index contributed by atoms with van der Waals surface area (Å²) in [7, 11) is 0. The first-order valence-electron chi connectivity index (χ1n) is 7.35.